The largest absolute Gasteiger partial charge is 0.508 e. The highest BCUT2D eigenvalue weighted by Gasteiger charge is 2.44. The van der Waals surface area contributed by atoms with Crippen LogP contribution in [0.25, 0.3) is 0 Å². The lowest BCUT2D eigenvalue weighted by Crippen LogP contribution is -2.60. The summed E-state index contributed by atoms with van der Waals surface area (Å²) < 4.78 is 0. The van der Waals surface area contributed by atoms with E-state index in [0.717, 1.165) is 4.90 Å². The minimum atomic E-state index is -1.61. The average molecular weight is 1080 g/mol. The van der Waals surface area contributed by atoms with Gasteiger partial charge in [0.25, 0.3) is 0 Å². The highest BCUT2D eigenvalue weighted by Crippen LogP contribution is 2.26. The quantitative estimate of drug-likeness (QED) is 0.0229. The normalized spacial score (nSPS) is 18.9. The summed E-state index contributed by atoms with van der Waals surface area (Å²) in [6, 6.07) is 4.81. The van der Waals surface area contributed by atoms with Gasteiger partial charge in [0.15, 0.2) is 11.9 Å². The molecule has 3 fully saturated rings. The second-order valence-corrected chi connectivity index (χ2v) is 19.2. The Balaban J connectivity index is 1.22. The second kappa shape index (κ2) is 29.3. The van der Waals surface area contributed by atoms with Crippen molar-refractivity contribution in [3.63, 3.8) is 0 Å². The number of phenols is 1. The molecular weight excluding hydrogens is 1000 g/mol. The number of hydrogen-bond acceptors (Lipinski definition) is 14. The monoisotopic (exact) mass is 1080 g/mol. The summed E-state index contributed by atoms with van der Waals surface area (Å²) in [5, 5.41) is 43.0. The van der Waals surface area contributed by atoms with Crippen LogP contribution in [0.4, 0.5) is 0 Å². The molecule has 0 aromatic heterocycles. The molecule has 3 aliphatic rings. The molecule has 27 nitrogen and oxygen atoms in total. The Morgan fingerprint density at radius 1 is 0.597 bits per heavy atom. The third kappa shape index (κ3) is 17.8. The Morgan fingerprint density at radius 2 is 1.10 bits per heavy atom. The summed E-state index contributed by atoms with van der Waals surface area (Å²) in [5.41, 5.74) is 28.8. The molecule has 0 spiro atoms. The minimum absolute atomic E-state index is 0.0247. The molecule has 420 valence electrons. The molecular formula is C50H73N15O12. The number of aliphatic hydroxyl groups excluding tert-OH is 1. The number of phenolic OH excluding ortho intramolecular Hbond substituents is 1. The van der Waals surface area contributed by atoms with Gasteiger partial charge in [0.1, 0.15) is 48.0 Å². The molecule has 3 saturated heterocycles. The molecule has 77 heavy (non-hydrogen) atoms. The van der Waals surface area contributed by atoms with Gasteiger partial charge in [-0.05, 0) is 87.5 Å². The molecule has 0 bridgehead atoms. The highest BCUT2D eigenvalue weighted by atomic mass is 16.4. The van der Waals surface area contributed by atoms with E-state index in [2.05, 4.69) is 36.6 Å². The first-order valence-electron chi connectivity index (χ1n) is 25.7. The Kier molecular flexibility index (Phi) is 22.7. The fourth-order valence-electron chi connectivity index (χ4n) is 9.57. The number of aliphatic carboxylic acids is 1. The molecule has 0 aliphatic carbocycles. The molecule has 8 atom stereocenters. The summed E-state index contributed by atoms with van der Waals surface area (Å²) in [5.74, 6) is -7.23. The van der Waals surface area contributed by atoms with Crippen molar-refractivity contribution in [3.05, 3.63) is 65.7 Å². The van der Waals surface area contributed by atoms with Gasteiger partial charge in [0.05, 0.1) is 19.2 Å². The fourth-order valence-corrected chi connectivity index (χ4v) is 9.57. The Bertz CT molecular complexity index is 2460. The molecule has 0 unspecified atom stereocenters. The van der Waals surface area contributed by atoms with Gasteiger partial charge in [0.2, 0.25) is 47.3 Å². The number of benzene rings is 2. The average Bonchev–Trinajstić information content (AvgIpc) is 4.22. The van der Waals surface area contributed by atoms with Crippen molar-refractivity contribution in [2.24, 2.45) is 38.7 Å². The number of aliphatic imine (C=N–C) groups is 2. The molecule has 0 saturated carbocycles. The van der Waals surface area contributed by atoms with E-state index >= 15 is 0 Å². The van der Waals surface area contributed by atoms with Crippen LogP contribution < -0.4 is 55.3 Å². The van der Waals surface area contributed by atoms with E-state index in [4.69, 9.17) is 28.7 Å². The molecule has 18 N–H and O–H groups in total. The third-order valence-electron chi connectivity index (χ3n) is 13.5. The van der Waals surface area contributed by atoms with E-state index in [1.165, 1.54) is 34.1 Å². The van der Waals surface area contributed by atoms with Crippen molar-refractivity contribution in [2.45, 2.75) is 125 Å². The van der Waals surface area contributed by atoms with Gasteiger partial charge in [-0.1, -0.05) is 42.5 Å². The molecule has 2 aromatic rings. The predicted molar refractivity (Wildman–Crippen MR) is 279 cm³/mol. The number of guanidine groups is 2. The van der Waals surface area contributed by atoms with Crippen molar-refractivity contribution in [2.75, 3.05) is 45.9 Å². The molecule has 3 aliphatic heterocycles. The van der Waals surface area contributed by atoms with E-state index in [1.807, 2.05) is 0 Å². The van der Waals surface area contributed by atoms with Crippen LogP contribution in [0.1, 0.15) is 75.3 Å². The number of nitrogens with two attached hydrogens (primary N) is 5. The van der Waals surface area contributed by atoms with E-state index < -0.39 is 115 Å². The molecule has 2 aromatic carbocycles. The summed E-state index contributed by atoms with van der Waals surface area (Å²) in [7, 11) is 0. The minimum Gasteiger partial charge on any atom is -0.508 e. The van der Waals surface area contributed by atoms with Crippen LogP contribution in [0.5, 0.6) is 5.75 Å². The van der Waals surface area contributed by atoms with Crippen LogP contribution in [0.15, 0.2) is 64.6 Å². The fraction of sp³-hybridized carbons (Fsp3) is 0.540. The van der Waals surface area contributed by atoms with Gasteiger partial charge in [-0.3, -0.25) is 48.3 Å². The van der Waals surface area contributed by atoms with Gasteiger partial charge in [0, 0.05) is 45.6 Å². The smallest absolute Gasteiger partial charge is 0.326 e. The molecule has 27 heteroatoms. The number of aliphatic hydroxyl groups is 1. The zero-order valence-electron chi connectivity index (χ0n) is 42.9. The second-order valence-electron chi connectivity index (χ2n) is 19.2. The Morgan fingerprint density at radius 3 is 1.68 bits per heavy atom. The molecule has 8 amide bonds. The maximum Gasteiger partial charge on any atom is 0.326 e. The van der Waals surface area contributed by atoms with Crippen LogP contribution in [0, 0.1) is 0 Å². The van der Waals surface area contributed by atoms with Gasteiger partial charge >= 0.3 is 5.97 Å². The van der Waals surface area contributed by atoms with Crippen molar-refractivity contribution < 1.29 is 58.5 Å². The molecule has 3 heterocycles. The number of nitrogens with one attached hydrogen (secondary N) is 5. The first kappa shape index (κ1) is 59.8. The number of carbonyl (C=O) groups is 9. The van der Waals surface area contributed by atoms with Gasteiger partial charge in [-0.2, -0.15) is 0 Å². The number of amides is 8. The van der Waals surface area contributed by atoms with E-state index in [1.54, 1.807) is 30.3 Å². The number of nitrogens with zero attached hydrogens (tertiary/aromatic N) is 5. The van der Waals surface area contributed by atoms with Crippen LogP contribution in [0.3, 0.4) is 0 Å². The molecule has 5 rings (SSSR count). The lowest BCUT2D eigenvalue weighted by Gasteiger charge is -2.32. The van der Waals surface area contributed by atoms with Crippen molar-refractivity contribution in [1.82, 2.24) is 41.3 Å². The van der Waals surface area contributed by atoms with Crippen molar-refractivity contribution in [1.29, 1.82) is 0 Å². The van der Waals surface area contributed by atoms with Crippen LogP contribution in [-0.4, -0.2) is 189 Å². The SMILES string of the molecule is NC(N)=NCCC[C@H](NC(=O)[C@H](Cc1ccc(O)cc1)NC(=O)[C@@H]1CCCN1C(=O)[C@H](CO)NC(=O)[C@H](Cc1ccccc1)NC(=O)CNC(=O)[C@@H]1CCCN1C(=O)[C@@H]1CCCN1C(=O)[C@@H](N)CCCN=C(N)N)C(=O)O. The maximum atomic E-state index is 14.1. The number of carboxylic acid groups (broad SMARTS) is 1. The van der Waals surface area contributed by atoms with E-state index in [0.29, 0.717) is 62.6 Å². The van der Waals surface area contributed by atoms with Crippen LogP contribution in [0.2, 0.25) is 0 Å². The van der Waals surface area contributed by atoms with Crippen LogP contribution >= 0.6 is 0 Å². The summed E-state index contributed by atoms with van der Waals surface area (Å²) in [6.07, 6.45) is 2.84. The standard InChI is InChI=1S/C50H73N15O12/c51-32(11-4-20-56-49(52)53)45(73)65-24-8-15-39(65)47(75)64-23-6-13-37(64)43(71)58-27-40(68)59-34(25-29-9-2-1-3-10-29)41(69)62-36(28-66)46(74)63-22-7-14-38(63)44(72)61-35(26-30-16-18-31(67)19-17-30)42(70)60-33(48(76)77)12-5-21-57-50(54)55/h1-3,9-10,16-19,32-39,66-67H,4-8,11-15,20-28,51H2,(H,58,71)(H,59,68)(H,60,70)(H,61,72)(H,62,69)(H,76,77)(H4,52,53,56)(H4,54,55,57)/t32-,33-,34-,35-,36-,37-,38-,39-/m0/s1. The Labute approximate surface area is 445 Å². The molecule has 0 radical (unpaired) electrons. The number of aromatic hydroxyl groups is 1. The van der Waals surface area contributed by atoms with Crippen molar-refractivity contribution >= 4 is 65.1 Å². The lowest BCUT2D eigenvalue weighted by molar-refractivity contribution is -0.147. The maximum absolute atomic E-state index is 14.1. The first-order valence-corrected chi connectivity index (χ1v) is 25.7. The first-order chi connectivity index (χ1) is 36.8. The topological polar surface area (TPSA) is 439 Å². The number of carbonyl (C=O) groups excluding carboxylic acids is 8. The summed E-state index contributed by atoms with van der Waals surface area (Å²) in [6.45, 7) is -0.544. The summed E-state index contributed by atoms with van der Waals surface area (Å²) >= 11 is 0. The van der Waals surface area contributed by atoms with E-state index in [9.17, 15) is 58.5 Å². The third-order valence-corrected chi connectivity index (χ3v) is 13.5. The highest BCUT2D eigenvalue weighted by molar-refractivity contribution is 5.98. The van der Waals surface area contributed by atoms with Gasteiger partial charge in [-0.15, -0.1) is 0 Å². The van der Waals surface area contributed by atoms with Gasteiger partial charge < -0.3 is 85.3 Å². The number of hydrogen-bond donors (Lipinski definition) is 13. The lowest BCUT2D eigenvalue weighted by atomic mass is 10.0. The number of likely N-dealkylation sites (tertiary alicyclic amines) is 3. The van der Waals surface area contributed by atoms with Crippen molar-refractivity contribution in [3.8, 4) is 5.75 Å². The van der Waals surface area contributed by atoms with E-state index in [-0.39, 0.29) is 76.0 Å². The van der Waals surface area contributed by atoms with Crippen LogP contribution in [-0.2, 0) is 56.0 Å². The predicted octanol–water partition coefficient (Wildman–Crippen LogP) is -4.28. The number of rotatable bonds is 27. The zero-order valence-corrected chi connectivity index (χ0v) is 42.9. The zero-order chi connectivity index (χ0) is 56.2. The number of carboxylic acids is 1. The Hall–Kier alpha value is -8.07. The van der Waals surface area contributed by atoms with Gasteiger partial charge in [-0.25, -0.2) is 4.79 Å². The summed E-state index contributed by atoms with van der Waals surface area (Å²) in [4.78, 5) is 134.